The molecule has 16 heavy (non-hydrogen) atoms. The normalized spacial score (nSPS) is 10.0. The summed E-state index contributed by atoms with van der Waals surface area (Å²) in [5.74, 6) is -0.0338. The highest BCUT2D eigenvalue weighted by molar-refractivity contribution is 7.80. The van der Waals surface area contributed by atoms with Crippen molar-refractivity contribution >= 4 is 16.3 Å². The van der Waals surface area contributed by atoms with Gasteiger partial charge in [-0.2, -0.15) is 8.42 Å². The summed E-state index contributed by atoms with van der Waals surface area (Å²) in [6, 6.07) is 0. The standard InChI is InChI=1S/C8H15NO.CH4O4S/c1-4-5-6-9-8(10)7(2)3;1-5-6(2,3)4/h2,4-6H2,1,3H3,(H,9,10);1H3,(H,2,3,4). The number of unbranched alkanes of at least 4 members (excludes halogenated alkanes) is 1. The van der Waals surface area contributed by atoms with Crippen LogP contribution in [0.4, 0.5) is 0 Å². The average molecular weight is 253 g/mol. The van der Waals surface area contributed by atoms with Crippen LogP contribution in [0.5, 0.6) is 0 Å². The van der Waals surface area contributed by atoms with Gasteiger partial charge in [-0.05, 0) is 13.3 Å². The van der Waals surface area contributed by atoms with Crippen molar-refractivity contribution in [2.45, 2.75) is 26.7 Å². The molecule has 0 spiro atoms. The Hall–Kier alpha value is -0.920. The maximum atomic E-state index is 10.8. The molecule has 0 radical (unpaired) electrons. The van der Waals surface area contributed by atoms with Gasteiger partial charge < -0.3 is 5.32 Å². The molecule has 0 bridgehead atoms. The lowest BCUT2D eigenvalue weighted by Crippen LogP contribution is -2.24. The number of carbonyl (C=O) groups excluding carboxylic acids is 1. The van der Waals surface area contributed by atoms with E-state index in [1.165, 1.54) is 0 Å². The van der Waals surface area contributed by atoms with Crippen molar-refractivity contribution in [2.75, 3.05) is 13.7 Å². The molecule has 96 valence electrons. The van der Waals surface area contributed by atoms with E-state index in [-0.39, 0.29) is 5.91 Å². The van der Waals surface area contributed by atoms with E-state index < -0.39 is 10.4 Å². The molecule has 0 fully saturated rings. The lowest BCUT2D eigenvalue weighted by Gasteiger charge is -2.01. The van der Waals surface area contributed by atoms with Crippen molar-refractivity contribution in [3.05, 3.63) is 12.2 Å². The van der Waals surface area contributed by atoms with Crippen LogP contribution in [0.15, 0.2) is 12.2 Å². The Morgan fingerprint density at radius 3 is 2.19 bits per heavy atom. The highest BCUT2D eigenvalue weighted by Gasteiger charge is 1.97. The number of hydrogen-bond donors (Lipinski definition) is 2. The third-order valence-corrected chi connectivity index (χ3v) is 1.84. The van der Waals surface area contributed by atoms with Gasteiger partial charge in [-0.1, -0.05) is 19.9 Å². The van der Waals surface area contributed by atoms with Gasteiger partial charge in [-0.25, -0.2) is 0 Å². The third kappa shape index (κ3) is 15.5. The van der Waals surface area contributed by atoms with E-state index in [2.05, 4.69) is 23.0 Å². The molecule has 2 N–H and O–H groups in total. The minimum Gasteiger partial charge on any atom is -0.352 e. The molecule has 0 rings (SSSR count). The quantitative estimate of drug-likeness (QED) is 0.431. The van der Waals surface area contributed by atoms with Crippen molar-refractivity contribution in [2.24, 2.45) is 0 Å². The van der Waals surface area contributed by atoms with Crippen LogP contribution in [0.1, 0.15) is 26.7 Å². The molecule has 0 atom stereocenters. The Kier molecular flexibility index (Phi) is 10.2. The minimum absolute atomic E-state index is 0.0338. The fourth-order valence-electron chi connectivity index (χ4n) is 0.530. The highest BCUT2D eigenvalue weighted by Crippen LogP contribution is 1.87. The molecule has 7 heteroatoms. The molecular weight excluding hydrogens is 234 g/mol. The van der Waals surface area contributed by atoms with Crippen LogP contribution < -0.4 is 5.32 Å². The Balaban J connectivity index is 0. The lowest BCUT2D eigenvalue weighted by atomic mass is 10.3. The molecule has 0 saturated carbocycles. The first-order valence-electron chi connectivity index (χ1n) is 4.71. The Morgan fingerprint density at radius 1 is 1.50 bits per heavy atom. The lowest BCUT2D eigenvalue weighted by molar-refractivity contribution is -0.117. The largest absolute Gasteiger partial charge is 0.397 e. The number of carbonyl (C=O) groups is 1. The van der Waals surface area contributed by atoms with Crippen LogP contribution in [0.2, 0.25) is 0 Å². The van der Waals surface area contributed by atoms with Gasteiger partial charge in [0.15, 0.2) is 0 Å². The predicted molar refractivity (Wildman–Crippen MR) is 61.3 cm³/mol. The minimum atomic E-state index is -4.16. The Bertz CT molecular complexity index is 310. The van der Waals surface area contributed by atoms with Gasteiger partial charge in [-0.3, -0.25) is 13.5 Å². The van der Waals surface area contributed by atoms with Gasteiger partial charge in [0.1, 0.15) is 0 Å². The zero-order chi connectivity index (χ0) is 13.2. The van der Waals surface area contributed by atoms with Gasteiger partial charge >= 0.3 is 10.4 Å². The molecule has 6 nitrogen and oxygen atoms in total. The molecule has 0 unspecified atom stereocenters. The second-order valence-corrected chi connectivity index (χ2v) is 4.17. The molecule has 0 saturated heterocycles. The second-order valence-electron chi connectivity index (χ2n) is 2.98. The Labute approximate surface area is 96.6 Å². The van der Waals surface area contributed by atoms with E-state index in [0.29, 0.717) is 5.57 Å². The van der Waals surface area contributed by atoms with Crippen LogP contribution in [0.25, 0.3) is 0 Å². The van der Waals surface area contributed by atoms with Crippen LogP contribution in [-0.2, 0) is 19.4 Å². The van der Waals surface area contributed by atoms with Crippen LogP contribution in [0, 0.1) is 0 Å². The molecule has 0 aliphatic carbocycles. The topological polar surface area (TPSA) is 92.7 Å². The van der Waals surface area contributed by atoms with Gasteiger partial charge in [0.2, 0.25) is 5.91 Å². The van der Waals surface area contributed by atoms with Gasteiger partial charge in [-0.15, -0.1) is 0 Å². The van der Waals surface area contributed by atoms with Crippen molar-refractivity contribution in [3.63, 3.8) is 0 Å². The predicted octanol–water partition coefficient (Wildman–Crippen LogP) is 0.914. The van der Waals surface area contributed by atoms with Gasteiger partial charge in [0.05, 0.1) is 7.11 Å². The molecule has 1 amide bonds. The maximum Gasteiger partial charge on any atom is 0.397 e. The summed E-state index contributed by atoms with van der Waals surface area (Å²) in [6.45, 7) is 8.09. The maximum absolute atomic E-state index is 10.8. The molecule has 0 aromatic carbocycles. The summed E-state index contributed by atoms with van der Waals surface area (Å²) >= 11 is 0. The second kappa shape index (κ2) is 9.32. The fraction of sp³-hybridized carbons (Fsp3) is 0.667. The van der Waals surface area contributed by atoms with Crippen molar-refractivity contribution in [3.8, 4) is 0 Å². The van der Waals surface area contributed by atoms with Crippen LogP contribution in [0.3, 0.4) is 0 Å². The first kappa shape index (κ1) is 17.5. The van der Waals surface area contributed by atoms with E-state index in [1.54, 1.807) is 6.92 Å². The smallest absolute Gasteiger partial charge is 0.352 e. The SMILES string of the molecule is C=C(C)C(=O)NCCCC.COS(=O)(=O)O. The Morgan fingerprint density at radius 2 is 1.94 bits per heavy atom. The van der Waals surface area contributed by atoms with Gasteiger partial charge in [0, 0.05) is 12.1 Å². The summed E-state index contributed by atoms with van der Waals surface area (Å²) in [5.41, 5.74) is 0.580. The molecule has 0 heterocycles. The number of hydrogen-bond acceptors (Lipinski definition) is 4. The van der Waals surface area contributed by atoms with Crippen molar-refractivity contribution in [1.29, 1.82) is 0 Å². The third-order valence-electron chi connectivity index (χ3n) is 1.41. The highest BCUT2D eigenvalue weighted by atomic mass is 32.3. The first-order chi connectivity index (χ1) is 7.24. The summed E-state index contributed by atoms with van der Waals surface area (Å²) in [4.78, 5) is 10.8. The zero-order valence-corrected chi connectivity index (χ0v) is 10.6. The molecule has 0 aromatic heterocycles. The van der Waals surface area contributed by atoms with E-state index in [9.17, 15) is 13.2 Å². The molecular formula is C9H19NO5S. The molecule has 0 aliphatic rings. The summed E-state index contributed by atoms with van der Waals surface area (Å²) in [6.07, 6.45) is 2.15. The van der Waals surface area contributed by atoms with Crippen LogP contribution >= 0.6 is 0 Å². The van der Waals surface area contributed by atoms with E-state index >= 15 is 0 Å². The summed E-state index contributed by atoms with van der Waals surface area (Å²) < 4.78 is 29.7. The summed E-state index contributed by atoms with van der Waals surface area (Å²) in [7, 11) is -3.29. The monoisotopic (exact) mass is 253 g/mol. The fourth-order valence-corrected chi connectivity index (χ4v) is 0.530. The number of amides is 1. The zero-order valence-electron chi connectivity index (χ0n) is 9.82. The number of nitrogens with one attached hydrogen (secondary N) is 1. The van der Waals surface area contributed by atoms with E-state index in [4.69, 9.17) is 4.55 Å². The van der Waals surface area contributed by atoms with Crippen molar-refractivity contribution in [1.82, 2.24) is 5.32 Å². The van der Waals surface area contributed by atoms with Crippen molar-refractivity contribution < 1.29 is 21.9 Å². The van der Waals surface area contributed by atoms with E-state index in [1.807, 2.05) is 0 Å². The summed E-state index contributed by atoms with van der Waals surface area (Å²) in [5, 5.41) is 2.74. The molecule has 0 aromatic rings. The first-order valence-corrected chi connectivity index (χ1v) is 6.07. The van der Waals surface area contributed by atoms with Gasteiger partial charge in [0.25, 0.3) is 0 Å². The number of rotatable bonds is 5. The van der Waals surface area contributed by atoms with Crippen LogP contribution in [-0.4, -0.2) is 32.5 Å². The van der Waals surface area contributed by atoms with E-state index in [0.717, 1.165) is 26.5 Å². The molecule has 0 aliphatic heterocycles. The average Bonchev–Trinajstić information content (AvgIpc) is 2.17.